The first-order valence-corrected chi connectivity index (χ1v) is 12.8. The van der Waals surface area contributed by atoms with Gasteiger partial charge in [-0.1, -0.05) is 40.6 Å². The molecular weight excluding hydrogens is 468 g/mol. The summed E-state index contributed by atoms with van der Waals surface area (Å²) >= 11 is 7.44. The topological polar surface area (TPSA) is 80.5 Å². The average molecular weight is 489 g/mol. The molecule has 0 aliphatic carbocycles. The summed E-state index contributed by atoms with van der Waals surface area (Å²) in [7, 11) is -3.46. The first-order chi connectivity index (χ1) is 15.3. The van der Waals surface area contributed by atoms with Gasteiger partial charge in [0.25, 0.3) is 0 Å². The Labute approximate surface area is 195 Å². The largest absolute Gasteiger partial charge is 0.467 e. The van der Waals surface area contributed by atoms with Crippen LogP contribution < -0.4 is 4.90 Å². The maximum atomic E-state index is 13.1. The molecule has 0 bridgehead atoms. The molecule has 1 amide bonds. The summed E-state index contributed by atoms with van der Waals surface area (Å²) in [6.07, 6.45) is 1.83. The van der Waals surface area contributed by atoms with Crippen LogP contribution in [0.3, 0.4) is 0 Å². The van der Waals surface area contributed by atoms with Gasteiger partial charge in [0.1, 0.15) is 5.76 Å². The van der Waals surface area contributed by atoms with Crippen LogP contribution in [0.5, 0.6) is 0 Å². The smallest absolute Gasteiger partial charge is 0.229 e. The van der Waals surface area contributed by atoms with E-state index in [1.165, 1.54) is 16.2 Å². The fourth-order valence-electron chi connectivity index (χ4n) is 3.23. The van der Waals surface area contributed by atoms with E-state index >= 15 is 0 Å². The standard InChI is InChI=1S/C23H21ClN2O4S2/c1-16-6-9-19(10-7-16)32(28,29)13-3-5-22(27)26(15-18-4-2-12-30-18)23-25-20-11-8-17(24)14-21(20)31-23/h2,4,6-12,14H,3,5,13,15H2,1H3. The molecule has 9 heteroatoms. The number of hydrogen-bond acceptors (Lipinski definition) is 6. The summed E-state index contributed by atoms with van der Waals surface area (Å²) < 4.78 is 31.5. The molecule has 2 heterocycles. The van der Waals surface area contributed by atoms with Crippen molar-refractivity contribution in [3.63, 3.8) is 0 Å². The molecule has 0 fully saturated rings. The number of amides is 1. The molecule has 0 atom stereocenters. The molecule has 0 saturated carbocycles. The summed E-state index contributed by atoms with van der Waals surface area (Å²) in [5.74, 6) is 0.292. The van der Waals surface area contributed by atoms with Gasteiger partial charge in [-0.05, 0) is 55.8 Å². The zero-order chi connectivity index (χ0) is 22.7. The Morgan fingerprint density at radius 1 is 1.16 bits per heavy atom. The Balaban J connectivity index is 1.50. The molecule has 0 spiro atoms. The quantitative estimate of drug-likeness (QED) is 0.320. The normalized spacial score (nSPS) is 11.7. The maximum absolute atomic E-state index is 13.1. The molecule has 2 aromatic carbocycles. The lowest BCUT2D eigenvalue weighted by molar-refractivity contribution is -0.118. The molecule has 0 radical (unpaired) electrons. The third kappa shape index (κ3) is 5.20. The fourth-order valence-corrected chi connectivity index (χ4v) is 5.80. The highest BCUT2D eigenvalue weighted by Crippen LogP contribution is 2.32. The van der Waals surface area contributed by atoms with E-state index in [0.29, 0.717) is 15.9 Å². The number of anilines is 1. The van der Waals surface area contributed by atoms with Gasteiger partial charge in [0, 0.05) is 11.4 Å². The Morgan fingerprint density at radius 3 is 2.66 bits per heavy atom. The summed E-state index contributed by atoms with van der Waals surface area (Å²) in [6.45, 7) is 2.11. The number of furan rings is 1. The third-order valence-corrected chi connectivity index (χ3v) is 8.04. The van der Waals surface area contributed by atoms with E-state index in [1.54, 1.807) is 54.8 Å². The minimum Gasteiger partial charge on any atom is -0.467 e. The number of aromatic nitrogens is 1. The van der Waals surface area contributed by atoms with Gasteiger partial charge < -0.3 is 4.42 Å². The van der Waals surface area contributed by atoms with Crippen LogP contribution in [-0.2, 0) is 21.2 Å². The first kappa shape index (κ1) is 22.5. The van der Waals surface area contributed by atoms with Crippen LogP contribution in [-0.4, -0.2) is 25.1 Å². The Hall–Kier alpha value is -2.68. The van der Waals surface area contributed by atoms with Gasteiger partial charge in [-0.2, -0.15) is 0 Å². The maximum Gasteiger partial charge on any atom is 0.229 e. The summed E-state index contributed by atoms with van der Waals surface area (Å²) in [5, 5.41) is 1.11. The van der Waals surface area contributed by atoms with E-state index in [-0.39, 0.29) is 35.9 Å². The Bertz CT molecular complexity index is 1330. The van der Waals surface area contributed by atoms with Gasteiger partial charge in [-0.25, -0.2) is 13.4 Å². The molecule has 6 nitrogen and oxygen atoms in total. The second kappa shape index (κ2) is 9.44. The molecule has 0 aliphatic heterocycles. The molecule has 0 unspecified atom stereocenters. The van der Waals surface area contributed by atoms with Gasteiger partial charge in [-0.15, -0.1) is 0 Å². The SMILES string of the molecule is Cc1ccc(S(=O)(=O)CCCC(=O)N(Cc2ccco2)c2nc3ccc(Cl)cc3s2)cc1. The van der Waals surface area contributed by atoms with Crippen LogP contribution in [0.2, 0.25) is 5.02 Å². The molecule has 0 aliphatic rings. The van der Waals surface area contributed by atoms with Crippen molar-refractivity contribution in [3.8, 4) is 0 Å². The molecule has 166 valence electrons. The number of benzene rings is 2. The third-order valence-electron chi connectivity index (χ3n) is 4.95. The van der Waals surface area contributed by atoms with Crippen LogP contribution in [0.1, 0.15) is 24.2 Å². The number of thiazole rings is 1. The number of fused-ring (bicyclic) bond motifs is 1. The van der Waals surface area contributed by atoms with Crippen LogP contribution in [0.15, 0.2) is 70.2 Å². The van der Waals surface area contributed by atoms with Gasteiger partial charge in [-0.3, -0.25) is 9.69 Å². The monoisotopic (exact) mass is 488 g/mol. The predicted octanol–water partition coefficient (Wildman–Crippen LogP) is 5.64. The average Bonchev–Trinajstić information content (AvgIpc) is 3.41. The molecule has 32 heavy (non-hydrogen) atoms. The lowest BCUT2D eigenvalue weighted by Gasteiger charge is -2.18. The minimum absolute atomic E-state index is 0.0719. The molecule has 2 aromatic heterocycles. The number of hydrogen-bond donors (Lipinski definition) is 0. The van der Waals surface area contributed by atoms with Gasteiger partial charge >= 0.3 is 0 Å². The van der Waals surface area contributed by atoms with Crippen molar-refractivity contribution in [2.45, 2.75) is 31.2 Å². The van der Waals surface area contributed by atoms with E-state index in [4.69, 9.17) is 16.0 Å². The van der Waals surface area contributed by atoms with E-state index in [9.17, 15) is 13.2 Å². The number of nitrogens with zero attached hydrogens (tertiary/aromatic N) is 2. The number of halogens is 1. The molecular formula is C23H21ClN2O4S2. The molecule has 4 aromatic rings. The van der Waals surface area contributed by atoms with Crippen molar-refractivity contribution >= 4 is 54.0 Å². The summed E-state index contributed by atoms with van der Waals surface area (Å²) in [6, 6.07) is 15.6. The molecule has 0 saturated heterocycles. The van der Waals surface area contributed by atoms with E-state index in [2.05, 4.69) is 4.98 Å². The lowest BCUT2D eigenvalue weighted by Crippen LogP contribution is -2.30. The second-order valence-corrected chi connectivity index (χ2v) is 11.0. The van der Waals surface area contributed by atoms with Crippen molar-refractivity contribution in [1.29, 1.82) is 0 Å². The number of carbonyl (C=O) groups is 1. The lowest BCUT2D eigenvalue weighted by atomic mass is 10.2. The molecule has 0 N–H and O–H groups in total. The van der Waals surface area contributed by atoms with Crippen molar-refractivity contribution in [2.24, 2.45) is 0 Å². The van der Waals surface area contributed by atoms with Gasteiger partial charge in [0.2, 0.25) is 5.91 Å². The van der Waals surface area contributed by atoms with E-state index in [0.717, 1.165) is 15.8 Å². The molecule has 4 rings (SSSR count). The number of carbonyl (C=O) groups excluding carboxylic acids is 1. The number of aryl methyl sites for hydroxylation is 1. The highest BCUT2D eigenvalue weighted by atomic mass is 35.5. The van der Waals surface area contributed by atoms with Crippen molar-refractivity contribution in [2.75, 3.05) is 10.7 Å². The van der Waals surface area contributed by atoms with Gasteiger partial charge in [0.05, 0.1) is 33.7 Å². The van der Waals surface area contributed by atoms with Crippen LogP contribution >= 0.6 is 22.9 Å². The van der Waals surface area contributed by atoms with Gasteiger partial charge in [0.15, 0.2) is 15.0 Å². The minimum atomic E-state index is -3.46. The summed E-state index contributed by atoms with van der Waals surface area (Å²) in [4.78, 5) is 19.5. The van der Waals surface area contributed by atoms with Crippen molar-refractivity contribution < 1.29 is 17.6 Å². The van der Waals surface area contributed by atoms with E-state index in [1.807, 2.05) is 13.0 Å². The summed E-state index contributed by atoms with van der Waals surface area (Å²) in [5.41, 5.74) is 1.73. The van der Waals surface area contributed by atoms with Crippen LogP contribution in [0.25, 0.3) is 10.2 Å². The van der Waals surface area contributed by atoms with Crippen molar-refractivity contribution in [1.82, 2.24) is 4.98 Å². The highest BCUT2D eigenvalue weighted by molar-refractivity contribution is 7.91. The Kier molecular flexibility index (Phi) is 6.64. The highest BCUT2D eigenvalue weighted by Gasteiger charge is 2.22. The second-order valence-electron chi connectivity index (χ2n) is 7.40. The van der Waals surface area contributed by atoms with Crippen molar-refractivity contribution in [3.05, 3.63) is 77.2 Å². The van der Waals surface area contributed by atoms with Crippen LogP contribution in [0.4, 0.5) is 5.13 Å². The zero-order valence-electron chi connectivity index (χ0n) is 17.3. The number of sulfone groups is 1. The van der Waals surface area contributed by atoms with Crippen LogP contribution in [0, 0.1) is 6.92 Å². The number of rotatable bonds is 8. The fraction of sp³-hybridized carbons (Fsp3) is 0.217. The Morgan fingerprint density at radius 2 is 1.94 bits per heavy atom. The first-order valence-electron chi connectivity index (χ1n) is 10.00. The van der Waals surface area contributed by atoms with E-state index < -0.39 is 9.84 Å². The predicted molar refractivity (Wildman–Crippen MR) is 127 cm³/mol. The zero-order valence-corrected chi connectivity index (χ0v) is 19.7.